The van der Waals surface area contributed by atoms with Gasteiger partial charge in [-0.05, 0) is 43.1 Å². The summed E-state index contributed by atoms with van der Waals surface area (Å²) in [5, 5.41) is 3.77. The van der Waals surface area contributed by atoms with Gasteiger partial charge < -0.3 is 5.32 Å². The van der Waals surface area contributed by atoms with Crippen molar-refractivity contribution in [1.82, 2.24) is 5.32 Å². The van der Waals surface area contributed by atoms with Gasteiger partial charge in [0.15, 0.2) is 0 Å². The minimum absolute atomic E-state index is 0.629. The van der Waals surface area contributed by atoms with Crippen molar-refractivity contribution in [2.75, 3.05) is 6.54 Å². The molecular weight excluding hydrogens is 182 g/mol. The van der Waals surface area contributed by atoms with Gasteiger partial charge in [0.1, 0.15) is 0 Å². The molecule has 15 heavy (non-hydrogen) atoms. The molecule has 2 aliphatic rings. The van der Waals surface area contributed by atoms with E-state index in [0.717, 1.165) is 24.4 Å². The fourth-order valence-electron chi connectivity index (χ4n) is 3.49. The average molecular weight is 209 g/mol. The first-order valence-corrected chi connectivity index (χ1v) is 6.88. The van der Waals surface area contributed by atoms with E-state index in [9.17, 15) is 0 Å². The Morgan fingerprint density at radius 2 is 1.80 bits per heavy atom. The maximum atomic E-state index is 3.77. The number of hydrogen-bond acceptors (Lipinski definition) is 1. The van der Waals surface area contributed by atoms with Gasteiger partial charge in [-0.25, -0.2) is 0 Å². The van der Waals surface area contributed by atoms with E-state index in [2.05, 4.69) is 26.1 Å². The van der Waals surface area contributed by atoms with Crippen LogP contribution < -0.4 is 5.32 Å². The fourth-order valence-corrected chi connectivity index (χ4v) is 3.49. The van der Waals surface area contributed by atoms with Gasteiger partial charge in [0.05, 0.1) is 0 Å². The van der Waals surface area contributed by atoms with Crippen LogP contribution in [0.15, 0.2) is 0 Å². The van der Waals surface area contributed by atoms with Crippen LogP contribution in [-0.4, -0.2) is 12.6 Å². The molecule has 1 N–H and O–H groups in total. The molecule has 0 spiro atoms. The molecule has 0 aliphatic heterocycles. The molecule has 0 aromatic rings. The van der Waals surface area contributed by atoms with Crippen LogP contribution in [0.1, 0.15) is 59.3 Å². The van der Waals surface area contributed by atoms with Crippen molar-refractivity contribution < 1.29 is 0 Å². The smallest absolute Gasteiger partial charge is 0.0129 e. The zero-order valence-corrected chi connectivity index (χ0v) is 10.7. The quantitative estimate of drug-likeness (QED) is 0.746. The van der Waals surface area contributed by atoms with Gasteiger partial charge in [0.2, 0.25) is 0 Å². The lowest BCUT2D eigenvalue weighted by molar-refractivity contribution is 0.234. The van der Waals surface area contributed by atoms with Crippen LogP contribution in [0.5, 0.6) is 0 Å². The number of hydrogen-bond donors (Lipinski definition) is 1. The molecule has 0 saturated heterocycles. The fraction of sp³-hybridized carbons (Fsp3) is 1.00. The summed E-state index contributed by atoms with van der Waals surface area (Å²) in [6, 6.07) is 0.824. The molecule has 2 rings (SSSR count). The molecule has 88 valence electrons. The summed E-state index contributed by atoms with van der Waals surface area (Å²) in [6.45, 7) is 8.27. The summed E-state index contributed by atoms with van der Waals surface area (Å²) in [4.78, 5) is 0. The van der Waals surface area contributed by atoms with Gasteiger partial charge in [0.25, 0.3) is 0 Å². The predicted octanol–water partition coefficient (Wildman–Crippen LogP) is 3.59. The molecule has 0 aromatic heterocycles. The van der Waals surface area contributed by atoms with Gasteiger partial charge in [0, 0.05) is 6.04 Å². The number of rotatable bonds is 4. The lowest BCUT2D eigenvalue weighted by Gasteiger charge is -2.32. The lowest BCUT2D eigenvalue weighted by atomic mass is 9.80. The van der Waals surface area contributed by atoms with Crippen molar-refractivity contribution in [2.45, 2.75) is 65.3 Å². The Morgan fingerprint density at radius 3 is 2.27 bits per heavy atom. The van der Waals surface area contributed by atoms with Gasteiger partial charge in [-0.3, -0.25) is 0 Å². The normalized spacial score (nSPS) is 32.6. The molecule has 0 radical (unpaired) electrons. The Balaban J connectivity index is 1.93. The summed E-state index contributed by atoms with van der Waals surface area (Å²) in [7, 11) is 0. The van der Waals surface area contributed by atoms with E-state index in [0.29, 0.717) is 5.41 Å². The monoisotopic (exact) mass is 209 g/mol. The Morgan fingerprint density at radius 1 is 1.20 bits per heavy atom. The molecule has 0 heterocycles. The average Bonchev–Trinajstić information content (AvgIpc) is 2.85. The third-order valence-electron chi connectivity index (χ3n) is 4.62. The molecule has 0 aromatic carbocycles. The van der Waals surface area contributed by atoms with E-state index in [1.807, 2.05) is 0 Å². The largest absolute Gasteiger partial charge is 0.314 e. The summed E-state index contributed by atoms with van der Waals surface area (Å²) >= 11 is 0. The van der Waals surface area contributed by atoms with Crippen LogP contribution >= 0.6 is 0 Å². The van der Waals surface area contributed by atoms with Crippen molar-refractivity contribution in [1.29, 1.82) is 0 Å². The maximum absolute atomic E-state index is 3.77. The van der Waals surface area contributed by atoms with Gasteiger partial charge >= 0.3 is 0 Å². The van der Waals surface area contributed by atoms with E-state index >= 15 is 0 Å². The van der Waals surface area contributed by atoms with Crippen LogP contribution in [0, 0.1) is 17.3 Å². The molecule has 1 heteroatoms. The highest BCUT2D eigenvalue weighted by Crippen LogP contribution is 2.55. The molecule has 0 bridgehead atoms. The first kappa shape index (κ1) is 11.4. The highest BCUT2D eigenvalue weighted by Gasteiger charge is 2.51. The molecule has 2 unspecified atom stereocenters. The maximum Gasteiger partial charge on any atom is 0.0129 e. The first-order chi connectivity index (χ1) is 7.15. The molecular formula is C14H27N. The van der Waals surface area contributed by atoms with E-state index < -0.39 is 0 Å². The highest BCUT2D eigenvalue weighted by molar-refractivity contribution is 5.03. The Labute approximate surface area is 95.0 Å². The minimum Gasteiger partial charge on any atom is -0.314 e. The van der Waals surface area contributed by atoms with Gasteiger partial charge in [-0.1, -0.05) is 40.0 Å². The van der Waals surface area contributed by atoms with Crippen molar-refractivity contribution in [3.05, 3.63) is 0 Å². The standard InChI is InChI=1S/C14H27N/c1-4-15-13(12-10-14(12,2)3)11-8-6-5-7-9-11/h11-13,15H,4-10H2,1-3H3. The van der Waals surface area contributed by atoms with Crippen LogP contribution in [-0.2, 0) is 0 Å². The first-order valence-electron chi connectivity index (χ1n) is 6.88. The zero-order chi connectivity index (χ0) is 10.9. The van der Waals surface area contributed by atoms with E-state index in [-0.39, 0.29) is 0 Å². The molecule has 2 saturated carbocycles. The second-order valence-electron chi connectivity index (χ2n) is 6.28. The van der Waals surface area contributed by atoms with Crippen molar-refractivity contribution >= 4 is 0 Å². The SMILES string of the molecule is CCNC(C1CCCCC1)C1CC1(C)C. The highest BCUT2D eigenvalue weighted by atomic mass is 14.9. The minimum atomic E-state index is 0.629. The van der Waals surface area contributed by atoms with E-state index in [1.54, 1.807) is 0 Å². The van der Waals surface area contributed by atoms with E-state index in [4.69, 9.17) is 0 Å². The summed E-state index contributed by atoms with van der Waals surface area (Å²) in [5.74, 6) is 1.94. The van der Waals surface area contributed by atoms with E-state index in [1.165, 1.54) is 38.5 Å². The second-order valence-corrected chi connectivity index (χ2v) is 6.28. The lowest BCUT2D eigenvalue weighted by Crippen LogP contribution is -2.40. The van der Waals surface area contributed by atoms with Gasteiger partial charge in [-0.2, -0.15) is 0 Å². The molecule has 1 nitrogen and oxygen atoms in total. The van der Waals surface area contributed by atoms with Crippen LogP contribution in [0.3, 0.4) is 0 Å². The topological polar surface area (TPSA) is 12.0 Å². The zero-order valence-electron chi connectivity index (χ0n) is 10.7. The van der Waals surface area contributed by atoms with Crippen LogP contribution in [0.25, 0.3) is 0 Å². The van der Waals surface area contributed by atoms with Gasteiger partial charge in [-0.15, -0.1) is 0 Å². The van der Waals surface area contributed by atoms with Crippen molar-refractivity contribution in [2.24, 2.45) is 17.3 Å². The second kappa shape index (κ2) is 4.45. The Bertz CT molecular complexity index is 203. The van der Waals surface area contributed by atoms with Crippen molar-refractivity contribution in [3.8, 4) is 0 Å². The summed E-state index contributed by atoms with van der Waals surface area (Å²) < 4.78 is 0. The summed E-state index contributed by atoms with van der Waals surface area (Å²) in [6.07, 6.45) is 8.82. The summed E-state index contributed by atoms with van der Waals surface area (Å²) in [5.41, 5.74) is 0.629. The number of nitrogens with one attached hydrogen (secondary N) is 1. The molecule has 2 aliphatic carbocycles. The molecule has 2 fully saturated rings. The predicted molar refractivity (Wildman–Crippen MR) is 65.9 cm³/mol. The third-order valence-corrected chi connectivity index (χ3v) is 4.62. The molecule has 0 amide bonds. The third kappa shape index (κ3) is 2.55. The Hall–Kier alpha value is -0.0400. The Kier molecular flexibility index (Phi) is 3.39. The van der Waals surface area contributed by atoms with Crippen LogP contribution in [0.2, 0.25) is 0 Å². The molecule has 2 atom stereocenters. The van der Waals surface area contributed by atoms with Crippen LogP contribution in [0.4, 0.5) is 0 Å². The van der Waals surface area contributed by atoms with Crippen molar-refractivity contribution in [3.63, 3.8) is 0 Å².